The average molecular weight is 319 g/mol. The van der Waals surface area contributed by atoms with E-state index in [2.05, 4.69) is 10.1 Å². The third kappa shape index (κ3) is 2.10. The summed E-state index contributed by atoms with van der Waals surface area (Å²) in [5.41, 5.74) is 9.48. The normalized spacial score (nSPS) is 17.7. The van der Waals surface area contributed by atoms with Gasteiger partial charge >= 0.3 is 5.97 Å². The predicted molar refractivity (Wildman–Crippen MR) is 81.0 cm³/mol. The third-order valence-corrected chi connectivity index (χ3v) is 4.67. The number of halogens is 1. The van der Waals surface area contributed by atoms with Gasteiger partial charge in [-0.25, -0.2) is 9.78 Å². The van der Waals surface area contributed by atoms with Crippen molar-refractivity contribution < 1.29 is 9.90 Å². The number of hydrogen-bond acceptors (Lipinski definition) is 4. The van der Waals surface area contributed by atoms with E-state index >= 15 is 0 Å². The minimum atomic E-state index is -0.957. The Kier molecular flexibility index (Phi) is 2.83. The Labute approximate surface area is 131 Å². The monoisotopic (exact) mass is 318 g/mol. The van der Waals surface area contributed by atoms with E-state index in [4.69, 9.17) is 17.3 Å². The maximum absolute atomic E-state index is 11.7. The first-order valence-electron chi connectivity index (χ1n) is 7.23. The number of carbonyl (C=O) groups is 1. The zero-order valence-electron chi connectivity index (χ0n) is 11.8. The number of carboxylic acid groups (broad SMARTS) is 1. The van der Waals surface area contributed by atoms with Crippen LogP contribution in [0.2, 0.25) is 5.15 Å². The van der Waals surface area contributed by atoms with Crippen LogP contribution in [0.5, 0.6) is 0 Å². The van der Waals surface area contributed by atoms with Crippen LogP contribution in [0.15, 0.2) is 12.3 Å². The summed E-state index contributed by atoms with van der Waals surface area (Å²) in [7, 11) is 0. The maximum atomic E-state index is 11.7. The highest BCUT2D eigenvalue weighted by Crippen LogP contribution is 2.38. The Morgan fingerprint density at radius 3 is 2.91 bits per heavy atom. The second-order valence-electron chi connectivity index (χ2n) is 6.17. The highest BCUT2D eigenvalue weighted by atomic mass is 35.5. The van der Waals surface area contributed by atoms with Crippen molar-refractivity contribution in [3.05, 3.63) is 34.2 Å². The van der Waals surface area contributed by atoms with E-state index in [9.17, 15) is 9.90 Å². The fraction of sp³-hybridized carbons (Fsp3) is 0.400. The molecule has 3 N–H and O–H groups in total. The molecular formula is C15H15ClN4O2. The van der Waals surface area contributed by atoms with Crippen LogP contribution in [-0.2, 0) is 19.4 Å². The van der Waals surface area contributed by atoms with Gasteiger partial charge in [0.1, 0.15) is 10.8 Å². The smallest absolute Gasteiger partial charge is 0.354 e. The quantitative estimate of drug-likeness (QED) is 0.843. The van der Waals surface area contributed by atoms with E-state index in [0.29, 0.717) is 23.8 Å². The van der Waals surface area contributed by atoms with Gasteiger partial charge in [-0.2, -0.15) is 5.10 Å². The van der Waals surface area contributed by atoms with E-state index < -0.39 is 5.97 Å². The summed E-state index contributed by atoms with van der Waals surface area (Å²) in [4.78, 5) is 15.8. The van der Waals surface area contributed by atoms with Crippen LogP contribution in [0.4, 0.5) is 0 Å². The summed E-state index contributed by atoms with van der Waals surface area (Å²) >= 11 is 5.99. The molecule has 1 saturated carbocycles. The predicted octanol–water partition coefficient (Wildman–Crippen LogP) is 1.89. The minimum Gasteiger partial charge on any atom is -0.477 e. The second-order valence-corrected chi connectivity index (χ2v) is 6.55. The van der Waals surface area contributed by atoms with E-state index in [1.807, 2.05) is 0 Å². The molecule has 2 heterocycles. The van der Waals surface area contributed by atoms with Crippen molar-refractivity contribution in [2.75, 3.05) is 0 Å². The summed E-state index contributed by atoms with van der Waals surface area (Å²) in [5.74, 6) is -0.957. The first kappa shape index (κ1) is 13.7. The molecule has 2 aromatic heterocycles. The van der Waals surface area contributed by atoms with Crippen LogP contribution in [0.3, 0.4) is 0 Å². The van der Waals surface area contributed by atoms with Crippen molar-refractivity contribution in [1.29, 1.82) is 0 Å². The number of rotatable bonds is 3. The fourth-order valence-electron chi connectivity index (χ4n) is 3.06. The van der Waals surface area contributed by atoms with E-state index in [0.717, 1.165) is 36.0 Å². The Hall–Kier alpha value is -1.92. The van der Waals surface area contributed by atoms with E-state index in [1.54, 1.807) is 16.9 Å². The molecule has 0 bridgehead atoms. The Bertz CT molecular complexity index is 795. The molecule has 4 rings (SSSR count). The number of nitrogens with two attached hydrogens (primary N) is 1. The van der Waals surface area contributed by atoms with Crippen molar-refractivity contribution >= 4 is 17.6 Å². The molecule has 0 aliphatic heterocycles. The third-order valence-electron chi connectivity index (χ3n) is 4.46. The lowest BCUT2D eigenvalue weighted by Gasteiger charge is -2.14. The first-order valence-corrected chi connectivity index (χ1v) is 7.61. The van der Waals surface area contributed by atoms with Crippen LogP contribution < -0.4 is 5.73 Å². The largest absolute Gasteiger partial charge is 0.477 e. The molecule has 22 heavy (non-hydrogen) atoms. The molecule has 0 unspecified atom stereocenters. The van der Waals surface area contributed by atoms with Gasteiger partial charge in [0.2, 0.25) is 0 Å². The molecule has 2 aliphatic carbocycles. The topological polar surface area (TPSA) is 94.0 Å². The summed E-state index contributed by atoms with van der Waals surface area (Å²) in [6, 6.07) is 1.76. The van der Waals surface area contributed by atoms with Gasteiger partial charge in [0.05, 0.1) is 12.2 Å². The van der Waals surface area contributed by atoms with Crippen molar-refractivity contribution in [2.45, 2.75) is 37.8 Å². The van der Waals surface area contributed by atoms with Crippen LogP contribution in [0.1, 0.15) is 34.5 Å². The van der Waals surface area contributed by atoms with Crippen LogP contribution in [0, 0.1) is 0 Å². The van der Waals surface area contributed by atoms with Gasteiger partial charge in [0, 0.05) is 22.9 Å². The van der Waals surface area contributed by atoms with Gasteiger partial charge in [0.15, 0.2) is 0 Å². The Balaban J connectivity index is 1.88. The first-order chi connectivity index (χ1) is 10.5. The van der Waals surface area contributed by atoms with E-state index in [-0.39, 0.29) is 11.2 Å². The molecule has 0 radical (unpaired) electrons. The lowest BCUT2D eigenvalue weighted by Crippen LogP contribution is -2.30. The highest BCUT2D eigenvalue weighted by Gasteiger charge is 2.41. The zero-order valence-corrected chi connectivity index (χ0v) is 12.6. The second kappa shape index (κ2) is 4.54. The van der Waals surface area contributed by atoms with Crippen LogP contribution in [0.25, 0.3) is 11.3 Å². The van der Waals surface area contributed by atoms with Crippen molar-refractivity contribution in [1.82, 2.24) is 14.8 Å². The van der Waals surface area contributed by atoms with Crippen molar-refractivity contribution in [2.24, 2.45) is 5.73 Å². The fourth-order valence-corrected chi connectivity index (χ4v) is 3.22. The van der Waals surface area contributed by atoms with Crippen molar-refractivity contribution in [3.63, 3.8) is 0 Å². The lowest BCUT2D eigenvalue weighted by atomic mass is 9.90. The number of carboxylic acids is 1. The molecule has 6 nitrogen and oxygen atoms in total. The molecule has 0 amide bonds. The van der Waals surface area contributed by atoms with Gasteiger partial charge in [-0.1, -0.05) is 11.6 Å². The molecule has 0 atom stereocenters. The molecule has 0 aromatic carbocycles. The standard InChI is InChI=1S/C15H15ClN4O2/c16-11-5-10-8(6-18-11)1-2-9-12(10)19-20(13(9)14(21)22)7-15(17)3-4-15/h5-6H,1-4,7,17H2,(H,21,22). The number of pyridine rings is 1. The van der Waals surface area contributed by atoms with Crippen LogP contribution >= 0.6 is 11.6 Å². The minimum absolute atomic E-state index is 0.255. The molecule has 0 spiro atoms. The number of fused-ring (bicyclic) bond motifs is 3. The average Bonchev–Trinajstić information content (AvgIpc) is 3.06. The molecule has 0 saturated heterocycles. The molecular weight excluding hydrogens is 304 g/mol. The van der Waals surface area contributed by atoms with E-state index in [1.165, 1.54) is 0 Å². The molecule has 1 fully saturated rings. The number of nitrogens with zero attached hydrogens (tertiary/aromatic N) is 3. The Morgan fingerprint density at radius 1 is 1.45 bits per heavy atom. The SMILES string of the molecule is NC1(Cn2nc3c(c2C(=O)O)CCc2cnc(Cl)cc2-3)CC1. The van der Waals surface area contributed by atoms with Gasteiger partial charge in [0.25, 0.3) is 0 Å². The summed E-state index contributed by atoms with van der Waals surface area (Å²) in [6.45, 7) is 0.440. The number of aryl methyl sites for hydroxylation is 1. The molecule has 2 aromatic rings. The maximum Gasteiger partial charge on any atom is 0.354 e. The summed E-state index contributed by atoms with van der Waals surface area (Å²) in [6.07, 6.45) is 4.94. The highest BCUT2D eigenvalue weighted by molar-refractivity contribution is 6.29. The van der Waals surface area contributed by atoms with Crippen molar-refractivity contribution in [3.8, 4) is 11.3 Å². The zero-order chi connectivity index (χ0) is 15.5. The number of hydrogen-bond donors (Lipinski definition) is 2. The number of aromatic nitrogens is 3. The number of aromatic carboxylic acids is 1. The molecule has 114 valence electrons. The summed E-state index contributed by atoms with van der Waals surface area (Å²) in [5, 5.41) is 14.5. The molecule has 2 aliphatic rings. The summed E-state index contributed by atoms with van der Waals surface area (Å²) < 4.78 is 1.56. The van der Waals surface area contributed by atoms with Gasteiger partial charge in [-0.05, 0) is 37.3 Å². The van der Waals surface area contributed by atoms with Gasteiger partial charge in [-0.3, -0.25) is 4.68 Å². The molecule has 7 heteroatoms. The van der Waals surface area contributed by atoms with Gasteiger partial charge < -0.3 is 10.8 Å². The van der Waals surface area contributed by atoms with Gasteiger partial charge in [-0.15, -0.1) is 0 Å². The lowest BCUT2D eigenvalue weighted by molar-refractivity contribution is 0.0681. The van der Waals surface area contributed by atoms with Crippen LogP contribution in [-0.4, -0.2) is 31.4 Å². The Morgan fingerprint density at radius 2 is 2.23 bits per heavy atom.